The smallest absolute Gasteiger partial charge is 0.422 e. The molecule has 33 heavy (non-hydrogen) atoms. The number of nitrogens with zero attached hydrogens (tertiary/aromatic N) is 5. The average Bonchev–Trinajstić information content (AvgIpc) is 3.29. The van der Waals surface area contributed by atoms with Crippen molar-refractivity contribution < 1.29 is 36.2 Å². The predicted molar refractivity (Wildman–Crippen MR) is 104 cm³/mol. The molecule has 0 aliphatic rings. The molecular formula is C20H15F6N5O2. The Hall–Kier alpha value is -3.77. The van der Waals surface area contributed by atoms with Gasteiger partial charge in [0.05, 0.1) is 29.1 Å². The van der Waals surface area contributed by atoms with Crippen molar-refractivity contribution in [3.63, 3.8) is 0 Å². The van der Waals surface area contributed by atoms with Gasteiger partial charge in [-0.3, -0.25) is 9.55 Å². The standard InChI is InChI=1S/C20H15F6N5O2/c1-11-2-14(12-3-13(5-27-4-12)33-9-20(24,25)26)29-15-6-31(18(32)17(11)15)16-7-30(10-28-16)8-19(21,22)23/h2-7,10,32H,8-9H2,1H3. The van der Waals surface area contributed by atoms with E-state index in [0.717, 1.165) is 23.3 Å². The van der Waals surface area contributed by atoms with Crippen molar-refractivity contribution in [2.45, 2.75) is 25.8 Å². The van der Waals surface area contributed by atoms with Gasteiger partial charge in [-0.2, -0.15) is 26.3 Å². The van der Waals surface area contributed by atoms with Crippen molar-refractivity contribution in [3.8, 4) is 28.7 Å². The lowest BCUT2D eigenvalue weighted by atomic mass is 10.1. The quantitative estimate of drug-likeness (QED) is 0.423. The summed E-state index contributed by atoms with van der Waals surface area (Å²) in [5.41, 5.74) is 1.60. The molecule has 0 unspecified atom stereocenters. The summed E-state index contributed by atoms with van der Waals surface area (Å²) >= 11 is 0. The molecule has 4 rings (SSSR count). The van der Waals surface area contributed by atoms with E-state index in [-0.39, 0.29) is 17.4 Å². The minimum Gasteiger partial charge on any atom is -0.494 e. The fourth-order valence-electron chi connectivity index (χ4n) is 3.28. The molecule has 174 valence electrons. The summed E-state index contributed by atoms with van der Waals surface area (Å²) in [6.45, 7) is -1.03. The zero-order valence-corrected chi connectivity index (χ0v) is 16.8. The van der Waals surface area contributed by atoms with E-state index in [4.69, 9.17) is 4.74 Å². The van der Waals surface area contributed by atoms with Crippen LogP contribution in [0.1, 0.15) is 5.56 Å². The summed E-state index contributed by atoms with van der Waals surface area (Å²) in [5, 5.41) is 11.0. The van der Waals surface area contributed by atoms with Crippen LogP contribution in [-0.4, -0.2) is 48.2 Å². The van der Waals surface area contributed by atoms with Gasteiger partial charge in [-0.15, -0.1) is 0 Å². The van der Waals surface area contributed by atoms with Crippen LogP contribution in [0, 0.1) is 6.92 Å². The van der Waals surface area contributed by atoms with Crippen LogP contribution in [0.4, 0.5) is 26.3 Å². The molecule has 0 atom stereocenters. The molecule has 7 nitrogen and oxygen atoms in total. The summed E-state index contributed by atoms with van der Waals surface area (Å²) in [4.78, 5) is 12.2. The molecular weight excluding hydrogens is 456 g/mol. The van der Waals surface area contributed by atoms with Crippen LogP contribution in [0.25, 0.3) is 28.0 Å². The Labute approximate surface area is 181 Å². The van der Waals surface area contributed by atoms with Gasteiger partial charge in [-0.25, -0.2) is 9.97 Å². The molecule has 0 saturated carbocycles. The summed E-state index contributed by atoms with van der Waals surface area (Å²) < 4.78 is 81.8. The molecule has 1 N–H and O–H groups in total. The molecule has 0 aromatic carbocycles. The van der Waals surface area contributed by atoms with E-state index >= 15 is 0 Å². The molecule has 0 spiro atoms. The molecule has 0 fully saturated rings. The highest BCUT2D eigenvalue weighted by Gasteiger charge is 2.29. The molecule has 13 heteroatoms. The van der Waals surface area contributed by atoms with Gasteiger partial charge >= 0.3 is 12.4 Å². The van der Waals surface area contributed by atoms with Gasteiger partial charge in [0.25, 0.3) is 0 Å². The van der Waals surface area contributed by atoms with Crippen molar-refractivity contribution in [1.82, 2.24) is 24.1 Å². The summed E-state index contributed by atoms with van der Waals surface area (Å²) in [6.07, 6.45) is -2.87. The van der Waals surface area contributed by atoms with Crippen molar-refractivity contribution >= 4 is 10.9 Å². The number of imidazole rings is 1. The molecule has 4 aromatic rings. The Kier molecular flexibility index (Phi) is 5.42. The molecule has 4 aromatic heterocycles. The third kappa shape index (κ3) is 5.02. The fourth-order valence-corrected chi connectivity index (χ4v) is 3.28. The van der Waals surface area contributed by atoms with Gasteiger partial charge in [0.2, 0.25) is 5.88 Å². The van der Waals surface area contributed by atoms with E-state index in [2.05, 4.69) is 15.0 Å². The molecule has 0 saturated heterocycles. The second-order valence-electron chi connectivity index (χ2n) is 7.24. The number of hydrogen-bond donors (Lipinski definition) is 1. The first kappa shape index (κ1) is 22.4. The summed E-state index contributed by atoms with van der Waals surface area (Å²) in [6, 6.07) is 2.95. The Morgan fingerprint density at radius 3 is 2.48 bits per heavy atom. The van der Waals surface area contributed by atoms with E-state index in [9.17, 15) is 31.4 Å². The highest BCUT2D eigenvalue weighted by Crippen LogP contribution is 2.34. The molecule has 0 bridgehead atoms. The highest BCUT2D eigenvalue weighted by molar-refractivity contribution is 5.90. The van der Waals surface area contributed by atoms with Gasteiger partial charge in [-0.1, -0.05) is 0 Å². The first-order valence-electron chi connectivity index (χ1n) is 9.35. The minimum absolute atomic E-state index is 0.0555. The second kappa shape index (κ2) is 7.98. The maximum atomic E-state index is 12.6. The van der Waals surface area contributed by atoms with Crippen LogP contribution in [0.3, 0.4) is 0 Å². The number of alkyl halides is 6. The van der Waals surface area contributed by atoms with Gasteiger partial charge in [-0.05, 0) is 24.6 Å². The van der Waals surface area contributed by atoms with Gasteiger partial charge in [0, 0.05) is 24.2 Å². The number of halogens is 6. The van der Waals surface area contributed by atoms with Crippen LogP contribution in [0.15, 0.2) is 43.2 Å². The number of aryl methyl sites for hydroxylation is 1. The molecule has 0 amide bonds. The van der Waals surface area contributed by atoms with E-state index in [1.807, 2.05) is 0 Å². The SMILES string of the molecule is Cc1cc(-c2cncc(OCC(F)(F)F)c2)nc2cn(-c3cn(CC(F)(F)F)cn3)c(O)c12. The number of pyridine rings is 2. The Morgan fingerprint density at radius 1 is 1.03 bits per heavy atom. The maximum absolute atomic E-state index is 12.6. The third-order valence-corrected chi connectivity index (χ3v) is 4.59. The normalized spacial score (nSPS) is 12.5. The largest absolute Gasteiger partial charge is 0.494 e. The lowest BCUT2D eigenvalue weighted by Crippen LogP contribution is -2.19. The van der Waals surface area contributed by atoms with Gasteiger partial charge in [0.1, 0.15) is 12.3 Å². The number of rotatable bonds is 5. The first-order chi connectivity index (χ1) is 15.4. The Morgan fingerprint density at radius 2 is 1.79 bits per heavy atom. The zero-order valence-electron chi connectivity index (χ0n) is 16.8. The lowest BCUT2D eigenvalue weighted by Gasteiger charge is -2.10. The van der Waals surface area contributed by atoms with Crippen molar-refractivity contribution in [2.24, 2.45) is 0 Å². The molecule has 4 heterocycles. The summed E-state index contributed by atoms with van der Waals surface area (Å²) in [5.74, 6) is -0.306. The number of aromatic nitrogens is 5. The van der Waals surface area contributed by atoms with E-state index in [1.165, 1.54) is 23.0 Å². The zero-order chi connectivity index (χ0) is 24.0. The maximum Gasteiger partial charge on any atom is 0.422 e. The van der Waals surface area contributed by atoms with Crippen LogP contribution < -0.4 is 4.74 Å². The lowest BCUT2D eigenvalue weighted by molar-refractivity contribution is -0.153. The number of aromatic hydroxyl groups is 1. The number of fused-ring (bicyclic) bond motifs is 1. The second-order valence-corrected chi connectivity index (χ2v) is 7.24. The highest BCUT2D eigenvalue weighted by atomic mass is 19.4. The summed E-state index contributed by atoms with van der Waals surface area (Å²) in [7, 11) is 0. The average molecular weight is 471 g/mol. The Bertz CT molecular complexity index is 1310. The topological polar surface area (TPSA) is 78.0 Å². The number of ether oxygens (including phenoxy) is 1. The molecule has 0 aliphatic carbocycles. The van der Waals surface area contributed by atoms with Gasteiger partial charge in [0.15, 0.2) is 12.4 Å². The van der Waals surface area contributed by atoms with Crippen molar-refractivity contribution in [2.75, 3.05) is 6.61 Å². The van der Waals surface area contributed by atoms with Crippen molar-refractivity contribution in [1.29, 1.82) is 0 Å². The third-order valence-electron chi connectivity index (χ3n) is 4.59. The Balaban J connectivity index is 1.69. The van der Waals surface area contributed by atoms with E-state index in [0.29, 0.717) is 27.7 Å². The van der Waals surface area contributed by atoms with E-state index in [1.54, 1.807) is 13.0 Å². The monoisotopic (exact) mass is 471 g/mol. The molecule has 0 aliphatic heterocycles. The first-order valence-corrected chi connectivity index (χ1v) is 9.35. The van der Waals surface area contributed by atoms with Crippen LogP contribution in [0.2, 0.25) is 0 Å². The minimum atomic E-state index is -4.50. The van der Waals surface area contributed by atoms with Crippen LogP contribution >= 0.6 is 0 Å². The van der Waals surface area contributed by atoms with E-state index < -0.39 is 25.5 Å². The fraction of sp³-hybridized carbons (Fsp3) is 0.250. The predicted octanol–water partition coefficient (Wildman–Crippen LogP) is 4.80. The number of hydrogen-bond acceptors (Lipinski definition) is 5. The van der Waals surface area contributed by atoms with Crippen molar-refractivity contribution in [3.05, 3.63) is 48.8 Å². The van der Waals surface area contributed by atoms with Gasteiger partial charge < -0.3 is 14.4 Å². The van der Waals surface area contributed by atoms with Crippen LogP contribution in [-0.2, 0) is 6.54 Å². The molecule has 0 radical (unpaired) electrons. The van der Waals surface area contributed by atoms with Crippen LogP contribution in [0.5, 0.6) is 11.6 Å².